The van der Waals surface area contributed by atoms with Crippen LogP contribution < -0.4 is 0 Å². The SMILES string of the molecule is Cc1cc(-n2c(-c3ccc(Cl)cc3)nc3nc4ccccc4nc32)ccc1Br. The molecule has 3 aromatic carbocycles. The fourth-order valence-corrected chi connectivity index (χ4v) is 3.63. The van der Waals surface area contributed by atoms with Crippen LogP contribution in [-0.2, 0) is 0 Å². The Morgan fingerprint density at radius 3 is 2.29 bits per heavy atom. The number of benzene rings is 3. The van der Waals surface area contributed by atoms with Crippen LogP contribution in [0.15, 0.2) is 71.2 Å². The predicted octanol–water partition coefficient (Wildman–Crippen LogP) is 6.36. The van der Waals surface area contributed by atoms with Gasteiger partial charge >= 0.3 is 0 Å². The van der Waals surface area contributed by atoms with E-state index in [1.807, 2.05) is 54.6 Å². The zero-order valence-electron chi connectivity index (χ0n) is 14.9. The number of halogens is 2. The van der Waals surface area contributed by atoms with Crippen molar-refractivity contribution in [3.05, 3.63) is 81.8 Å². The summed E-state index contributed by atoms with van der Waals surface area (Å²) in [6.45, 7) is 2.07. The molecule has 0 aliphatic carbocycles. The minimum atomic E-state index is 0.615. The third kappa shape index (κ3) is 2.87. The van der Waals surface area contributed by atoms with Crippen LogP contribution in [0.2, 0.25) is 5.02 Å². The molecule has 5 rings (SSSR count). The third-order valence-electron chi connectivity index (χ3n) is 4.67. The third-order valence-corrected chi connectivity index (χ3v) is 5.81. The predicted molar refractivity (Wildman–Crippen MR) is 117 cm³/mol. The van der Waals surface area contributed by atoms with Gasteiger partial charge in [-0.05, 0) is 67.1 Å². The zero-order chi connectivity index (χ0) is 19.3. The minimum absolute atomic E-state index is 0.615. The van der Waals surface area contributed by atoms with Gasteiger partial charge in [-0.25, -0.2) is 15.0 Å². The maximum atomic E-state index is 6.09. The molecule has 0 radical (unpaired) electrons. The average Bonchev–Trinajstić information content (AvgIpc) is 3.07. The number of imidazole rings is 1. The van der Waals surface area contributed by atoms with Gasteiger partial charge in [0.2, 0.25) is 0 Å². The summed E-state index contributed by atoms with van der Waals surface area (Å²) in [5, 5.41) is 0.688. The fraction of sp³-hybridized carbons (Fsp3) is 0.0455. The Kier molecular flexibility index (Phi) is 4.14. The number of hydrogen-bond acceptors (Lipinski definition) is 3. The summed E-state index contributed by atoms with van der Waals surface area (Å²) in [6, 6.07) is 21.7. The highest BCUT2D eigenvalue weighted by Gasteiger charge is 2.18. The lowest BCUT2D eigenvalue weighted by molar-refractivity contribution is 1.08. The van der Waals surface area contributed by atoms with Crippen molar-refractivity contribution in [3.63, 3.8) is 0 Å². The lowest BCUT2D eigenvalue weighted by Gasteiger charge is -2.11. The van der Waals surface area contributed by atoms with Crippen molar-refractivity contribution in [2.24, 2.45) is 0 Å². The lowest BCUT2D eigenvalue weighted by atomic mass is 10.2. The Bertz CT molecular complexity index is 1340. The monoisotopic (exact) mass is 448 g/mol. The quantitative estimate of drug-likeness (QED) is 0.315. The van der Waals surface area contributed by atoms with Gasteiger partial charge in [0.05, 0.1) is 11.0 Å². The van der Waals surface area contributed by atoms with Crippen molar-refractivity contribution < 1.29 is 0 Å². The van der Waals surface area contributed by atoms with E-state index < -0.39 is 0 Å². The fourth-order valence-electron chi connectivity index (χ4n) is 3.26. The van der Waals surface area contributed by atoms with E-state index >= 15 is 0 Å². The largest absolute Gasteiger partial charge is 0.275 e. The number of para-hydroxylation sites is 2. The molecule has 0 atom stereocenters. The van der Waals surface area contributed by atoms with Gasteiger partial charge in [0, 0.05) is 20.7 Å². The average molecular weight is 450 g/mol. The van der Waals surface area contributed by atoms with Gasteiger partial charge in [-0.15, -0.1) is 0 Å². The van der Waals surface area contributed by atoms with E-state index in [1.165, 1.54) is 0 Å². The molecule has 0 N–H and O–H groups in total. The molecule has 0 amide bonds. The molecule has 0 saturated heterocycles. The molecule has 2 heterocycles. The molecule has 2 aromatic heterocycles. The summed E-state index contributed by atoms with van der Waals surface area (Å²) in [5.74, 6) is 0.781. The van der Waals surface area contributed by atoms with Crippen LogP contribution in [0.4, 0.5) is 0 Å². The van der Waals surface area contributed by atoms with Crippen molar-refractivity contribution in [3.8, 4) is 17.1 Å². The molecule has 136 valence electrons. The minimum Gasteiger partial charge on any atom is -0.275 e. The highest BCUT2D eigenvalue weighted by atomic mass is 79.9. The summed E-state index contributed by atoms with van der Waals surface area (Å²) in [6.07, 6.45) is 0. The van der Waals surface area contributed by atoms with Crippen LogP contribution in [0.1, 0.15) is 5.56 Å². The summed E-state index contributed by atoms with van der Waals surface area (Å²) in [4.78, 5) is 14.4. The second-order valence-electron chi connectivity index (χ2n) is 6.57. The molecule has 0 fully saturated rings. The topological polar surface area (TPSA) is 43.6 Å². The van der Waals surface area contributed by atoms with Crippen LogP contribution in [0.25, 0.3) is 39.4 Å². The second-order valence-corrected chi connectivity index (χ2v) is 7.86. The van der Waals surface area contributed by atoms with E-state index in [9.17, 15) is 0 Å². The Morgan fingerprint density at radius 2 is 1.57 bits per heavy atom. The van der Waals surface area contributed by atoms with Crippen molar-refractivity contribution in [2.75, 3.05) is 0 Å². The first-order valence-corrected chi connectivity index (χ1v) is 9.95. The number of aromatic nitrogens is 4. The van der Waals surface area contributed by atoms with Crippen molar-refractivity contribution in [1.29, 1.82) is 0 Å². The molecule has 5 aromatic rings. The van der Waals surface area contributed by atoms with Crippen LogP contribution in [-0.4, -0.2) is 19.5 Å². The summed E-state index contributed by atoms with van der Waals surface area (Å²) < 4.78 is 3.11. The highest BCUT2D eigenvalue weighted by molar-refractivity contribution is 9.10. The van der Waals surface area contributed by atoms with Gasteiger partial charge in [-0.3, -0.25) is 4.57 Å². The lowest BCUT2D eigenvalue weighted by Crippen LogP contribution is -2.00. The number of hydrogen-bond donors (Lipinski definition) is 0. The van der Waals surface area contributed by atoms with Gasteiger partial charge in [-0.1, -0.05) is 39.7 Å². The first-order valence-electron chi connectivity index (χ1n) is 8.78. The van der Waals surface area contributed by atoms with Gasteiger partial charge in [0.25, 0.3) is 0 Å². The number of rotatable bonds is 2. The van der Waals surface area contributed by atoms with E-state index in [4.69, 9.17) is 26.6 Å². The van der Waals surface area contributed by atoms with Crippen LogP contribution in [0, 0.1) is 6.92 Å². The Balaban J connectivity index is 1.87. The van der Waals surface area contributed by atoms with E-state index in [0.717, 1.165) is 43.8 Å². The molecule has 0 unspecified atom stereocenters. The molecular formula is C22H14BrClN4. The van der Waals surface area contributed by atoms with E-state index in [-0.39, 0.29) is 0 Å². The Hall–Kier alpha value is -2.76. The molecule has 4 nitrogen and oxygen atoms in total. The highest BCUT2D eigenvalue weighted by Crippen LogP contribution is 2.30. The van der Waals surface area contributed by atoms with Gasteiger partial charge in [0.1, 0.15) is 5.82 Å². The first kappa shape index (κ1) is 17.3. The Morgan fingerprint density at radius 1 is 0.857 bits per heavy atom. The first-order chi connectivity index (χ1) is 13.6. The van der Waals surface area contributed by atoms with E-state index in [0.29, 0.717) is 10.7 Å². The number of nitrogens with zero attached hydrogens (tertiary/aromatic N) is 4. The van der Waals surface area contributed by atoms with E-state index in [2.05, 4.69) is 39.6 Å². The molecule has 0 bridgehead atoms. The molecule has 0 saturated carbocycles. The molecule has 0 aliphatic rings. The normalized spacial score (nSPS) is 11.4. The van der Waals surface area contributed by atoms with E-state index in [1.54, 1.807) is 0 Å². The van der Waals surface area contributed by atoms with Crippen LogP contribution in [0.3, 0.4) is 0 Å². The molecule has 6 heteroatoms. The van der Waals surface area contributed by atoms with Crippen LogP contribution in [0.5, 0.6) is 0 Å². The molecule has 0 spiro atoms. The smallest absolute Gasteiger partial charge is 0.199 e. The zero-order valence-corrected chi connectivity index (χ0v) is 17.2. The maximum Gasteiger partial charge on any atom is 0.199 e. The van der Waals surface area contributed by atoms with Gasteiger partial charge in [-0.2, -0.15) is 0 Å². The van der Waals surface area contributed by atoms with Gasteiger partial charge < -0.3 is 0 Å². The molecular weight excluding hydrogens is 436 g/mol. The maximum absolute atomic E-state index is 6.09. The molecule has 0 aliphatic heterocycles. The van der Waals surface area contributed by atoms with Crippen LogP contribution >= 0.6 is 27.5 Å². The second kappa shape index (κ2) is 6.69. The summed E-state index contributed by atoms with van der Waals surface area (Å²) in [5.41, 5.74) is 6.08. The van der Waals surface area contributed by atoms with Crippen molar-refractivity contribution in [2.45, 2.75) is 6.92 Å². The number of aryl methyl sites for hydroxylation is 1. The van der Waals surface area contributed by atoms with Gasteiger partial charge in [0.15, 0.2) is 11.3 Å². The Labute approximate surface area is 175 Å². The van der Waals surface area contributed by atoms with Crippen molar-refractivity contribution >= 4 is 49.9 Å². The standard InChI is InChI=1S/C22H14BrClN4/c1-13-12-16(10-11-17(13)23)28-21(14-6-8-15(24)9-7-14)27-20-22(28)26-19-5-3-2-4-18(19)25-20/h2-12H,1H3. The molecule has 28 heavy (non-hydrogen) atoms. The van der Waals surface area contributed by atoms with Crippen molar-refractivity contribution in [1.82, 2.24) is 19.5 Å². The number of fused-ring (bicyclic) bond motifs is 2. The summed E-state index contributed by atoms with van der Waals surface area (Å²) in [7, 11) is 0. The summed E-state index contributed by atoms with van der Waals surface area (Å²) >= 11 is 9.67.